The van der Waals surface area contributed by atoms with Crippen molar-refractivity contribution in [1.82, 2.24) is 10.0 Å². The third-order valence-electron chi connectivity index (χ3n) is 7.02. The number of aromatic nitrogens is 1. The van der Waals surface area contributed by atoms with Gasteiger partial charge in [-0.05, 0) is 61.1 Å². The summed E-state index contributed by atoms with van der Waals surface area (Å²) < 4.78 is 18.8. The fourth-order valence-corrected chi connectivity index (χ4v) is 5.11. The Morgan fingerprint density at radius 3 is 2.65 bits per heavy atom. The molecule has 0 radical (unpaired) electrons. The molecular weight excluding hydrogens is 464 g/mol. The van der Waals surface area contributed by atoms with E-state index in [1.807, 2.05) is 41.5 Å². The molecule has 0 spiro atoms. The van der Waals surface area contributed by atoms with Crippen molar-refractivity contribution in [1.29, 1.82) is 0 Å². The smallest absolute Gasteiger partial charge is 0.161 e. The maximum atomic E-state index is 6.60. The van der Waals surface area contributed by atoms with E-state index >= 15 is 0 Å². The van der Waals surface area contributed by atoms with Crippen molar-refractivity contribution in [3.8, 4) is 23.3 Å². The largest absolute Gasteiger partial charge is 0.493 e. The van der Waals surface area contributed by atoms with Crippen LogP contribution in [0.1, 0.15) is 48.8 Å². The second-order valence-corrected chi connectivity index (χ2v) is 9.47. The second kappa shape index (κ2) is 12.2. The molecule has 1 aliphatic heterocycles. The first kappa shape index (κ1) is 25.3. The highest BCUT2D eigenvalue weighted by molar-refractivity contribution is 5.48. The number of pyridine rings is 1. The lowest BCUT2D eigenvalue weighted by Crippen LogP contribution is -2.50. The van der Waals surface area contributed by atoms with Crippen molar-refractivity contribution >= 4 is 0 Å². The Hall–Kier alpha value is -3.37. The molecule has 1 atom stereocenters. The van der Waals surface area contributed by atoms with Crippen molar-refractivity contribution in [2.24, 2.45) is 0 Å². The number of ether oxygens (including phenoxy) is 3. The van der Waals surface area contributed by atoms with Crippen molar-refractivity contribution < 1.29 is 19.0 Å². The highest BCUT2D eigenvalue weighted by Gasteiger charge is 2.41. The summed E-state index contributed by atoms with van der Waals surface area (Å²) in [7, 11) is 1.69. The van der Waals surface area contributed by atoms with Crippen LogP contribution >= 0.6 is 0 Å². The minimum Gasteiger partial charge on any atom is -0.493 e. The number of morpholine rings is 1. The van der Waals surface area contributed by atoms with Gasteiger partial charge in [-0.15, -0.1) is 0 Å². The van der Waals surface area contributed by atoms with E-state index in [-0.39, 0.29) is 6.10 Å². The molecule has 2 fully saturated rings. The van der Waals surface area contributed by atoms with Crippen LogP contribution in [0, 0.1) is 11.8 Å². The SMILES string of the molecule is COc1ccc(C2(c3ccccc3)CN(OCC#Cc3cccnc3)CCO2)cc1OC1CCCCC1. The molecule has 0 N–H and O–H groups in total. The van der Waals surface area contributed by atoms with Gasteiger partial charge in [-0.2, -0.15) is 5.06 Å². The lowest BCUT2D eigenvalue weighted by atomic mass is 9.84. The van der Waals surface area contributed by atoms with Crippen LogP contribution in [0.2, 0.25) is 0 Å². The molecule has 5 rings (SSSR count). The van der Waals surface area contributed by atoms with Crippen molar-refractivity contribution in [2.45, 2.75) is 43.8 Å². The molecule has 1 unspecified atom stereocenters. The zero-order valence-electron chi connectivity index (χ0n) is 21.4. The van der Waals surface area contributed by atoms with Gasteiger partial charge >= 0.3 is 0 Å². The fraction of sp³-hybridized carbons (Fsp3) is 0.387. The number of hydroxylamine groups is 2. The van der Waals surface area contributed by atoms with Gasteiger partial charge in [-0.1, -0.05) is 54.7 Å². The number of methoxy groups -OCH3 is 1. The van der Waals surface area contributed by atoms with Gasteiger partial charge in [0.1, 0.15) is 12.2 Å². The summed E-state index contributed by atoms with van der Waals surface area (Å²) in [6, 6.07) is 20.3. The van der Waals surface area contributed by atoms with Crippen LogP contribution in [-0.4, -0.2) is 49.6 Å². The molecule has 6 nitrogen and oxygen atoms in total. The van der Waals surface area contributed by atoms with Gasteiger partial charge in [-0.3, -0.25) is 9.82 Å². The molecule has 2 heterocycles. The first-order valence-corrected chi connectivity index (χ1v) is 13.1. The van der Waals surface area contributed by atoms with Crippen LogP contribution in [0.3, 0.4) is 0 Å². The van der Waals surface area contributed by atoms with E-state index in [2.05, 4.69) is 41.1 Å². The lowest BCUT2D eigenvalue weighted by molar-refractivity contribution is -0.226. The lowest BCUT2D eigenvalue weighted by Gasteiger charge is -2.43. The minimum atomic E-state index is -0.715. The third-order valence-corrected chi connectivity index (χ3v) is 7.02. The molecular formula is C31H34N2O4. The Bertz CT molecular complexity index is 1200. The summed E-state index contributed by atoms with van der Waals surface area (Å²) in [5.41, 5.74) is 2.24. The molecule has 37 heavy (non-hydrogen) atoms. The molecule has 1 saturated heterocycles. The van der Waals surface area contributed by atoms with Crippen molar-refractivity contribution in [3.05, 3.63) is 89.7 Å². The van der Waals surface area contributed by atoms with E-state index in [0.717, 1.165) is 41.0 Å². The number of hydrogen-bond donors (Lipinski definition) is 0. The Labute approximate surface area is 219 Å². The van der Waals surface area contributed by atoms with E-state index in [1.54, 1.807) is 19.5 Å². The molecule has 1 saturated carbocycles. The molecule has 0 amide bonds. The third kappa shape index (κ3) is 6.14. The Morgan fingerprint density at radius 2 is 1.86 bits per heavy atom. The molecule has 192 valence electrons. The van der Waals surface area contributed by atoms with E-state index < -0.39 is 5.60 Å². The highest BCUT2D eigenvalue weighted by Crippen LogP contribution is 2.41. The summed E-state index contributed by atoms with van der Waals surface area (Å²) in [6.45, 7) is 2.00. The Kier molecular flexibility index (Phi) is 8.37. The summed E-state index contributed by atoms with van der Waals surface area (Å²) in [6.07, 6.45) is 9.56. The van der Waals surface area contributed by atoms with E-state index in [9.17, 15) is 0 Å². The molecule has 3 aromatic rings. The summed E-state index contributed by atoms with van der Waals surface area (Å²) in [5, 5.41) is 1.96. The van der Waals surface area contributed by atoms with Gasteiger partial charge in [0.2, 0.25) is 0 Å². The van der Waals surface area contributed by atoms with Gasteiger partial charge in [0.25, 0.3) is 0 Å². The van der Waals surface area contributed by atoms with Gasteiger partial charge in [-0.25, -0.2) is 0 Å². The van der Waals surface area contributed by atoms with Crippen LogP contribution in [0.4, 0.5) is 0 Å². The Morgan fingerprint density at radius 1 is 1.00 bits per heavy atom. The average molecular weight is 499 g/mol. The van der Waals surface area contributed by atoms with Crippen LogP contribution in [0.25, 0.3) is 0 Å². The summed E-state index contributed by atoms with van der Waals surface area (Å²) >= 11 is 0. The van der Waals surface area contributed by atoms with Crippen LogP contribution < -0.4 is 9.47 Å². The standard InChI is InChI=1S/C31H34N2O4/c1-34-29-17-16-27(22-30(29)37-28-14-6-3-7-15-28)31(26-12-4-2-5-13-26)24-33(19-21-35-31)36-20-9-11-25-10-8-18-32-23-25/h2,4-5,8,10,12-13,16-18,22-23,28H,3,6-7,14-15,19-21,24H2,1H3. The summed E-state index contributed by atoms with van der Waals surface area (Å²) in [4.78, 5) is 10.2. The number of benzene rings is 2. The van der Waals surface area contributed by atoms with Crippen LogP contribution in [0.5, 0.6) is 11.5 Å². The quantitative estimate of drug-likeness (QED) is 0.409. The summed E-state index contributed by atoms with van der Waals surface area (Å²) in [5.74, 6) is 7.71. The topological polar surface area (TPSA) is 53.1 Å². The molecule has 1 aliphatic carbocycles. The number of hydrogen-bond acceptors (Lipinski definition) is 6. The fourth-order valence-electron chi connectivity index (χ4n) is 5.11. The molecule has 6 heteroatoms. The molecule has 2 aromatic carbocycles. The first-order valence-electron chi connectivity index (χ1n) is 13.1. The van der Waals surface area contributed by atoms with E-state index in [0.29, 0.717) is 26.3 Å². The number of rotatable bonds is 7. The molecule has 1 aromatic heterocycles. The maximum absolute atomic E-state index is 6.60. The second-order valence-electron chi connectivity index (χ2n) is 9.47. The average Bonchev–Trinajstić information content (AvgIpc) is 2.97. The van der Waals surface area contributed by atoms with Gasteiger partial charge in [0, 0.05) is 24.5 Å². The minimum absolute atomic E-state index is 0.219. The van der Waals surface area contributed by atoms with Crippen molar-refractivity contribution in [3.63, 3.8) is 0 Å². The zero-order valence-corrected chi connectivity index (χ0v) is 21.4. The maximum Gasteiger partial charge on any atom is 0.161 e. The van der Waals surface area contributed by atoms with Crippen molar-refractivity contribution in [2.75, 3.05) is 33.4 Å². The predicted molar refractivity (Wildman–Crippen MR) is 142 cm³/mol. The number of nitrogens with zero attached hydrogens (tertiary/aromatic N) is 2. The van der Waals surface area contributed by atoms with Gasteiger partial charge < -0.3 is 14.2 Å². The first-order chi connectivity index (χ1) is 18.3. The molecule has 2 aliphatic rings. The zero-order chi connectivity index (χ0) is 25.3. The monoisotopic (exact) mass is 498 g/mol. The Balaban J connectivity index is 1.40. The van der Waals surface area contributed by atoms with E-state index in [1.165, 1.54) is 19.3 Å². The van der Waals surface area contributed by atoms with Gasteiger partial charge in [0.15, 0.2) is 11.5 Å². The highest BCUT2D eigenvalue weighted by atomic mass is 16.7. The normalized spacial score (nSPS) is 20.6. The van der Waals surface area contributed by atoms with Gasteiger partial charge in [0.05, 0.1) is 26.4 Å². The van der Waals surface area contributed by atoms with E-state index in [4.69, 9.17) is 19.0 Å². The predicted octanol–water partition coefficient (Wildman–Crippen LogP) is 5.36. The van der Waals surface area contributed by atoms with Crippen LogP contribution in [0.15, 0.2) is 73.1 Å². The molecule has 0 bridgehead atoms. The van der Waals surface area contributed by atoms with Crippen LogP contribution in [-0.2, 0) is 15.2 Å².